The van der Waals surface area contributed by atoms with E-state index in [2.05, 4.69) is 16.7 Å². The Bertz CT molecular complexity index is 1730. The molecular formula is C39H53N4O8P. The minimum atomic E-state index is -4.11. The number of carbonyl (C=O) groups excluding carboxylic acids is 4. The topological polar surface area (TPSA) is 155 Å². The summed E-state index contributed by atoms with van der Waals surface area (Å²) in [5.41, 5.74) is 2.62. The normalized spacial score (nSPS) is 29.7. The van der Waals surface area contributed by atoms with Crippen LogP contribution in [-0.4, -0.2) is 75.3 Å². The van der Waals surface area contributed by atoms with E-state index in [4.69, 9.17) is 9.47 Å². The highest BCUT2D eigenvalue weighted by atomic mass is 31.2. The van der Waals surface area contributed by atoms with Crippen molar-refractivity contribution >= 4 is 36.7 Å². The molecule has 0 spiro atoms. The Labute approximate surface area is 306 Å². The van der Waals surface area contributed by atoms with Gasteiger partial charge in [-0.25, -0.2) is 9.59 Å². The van der Waals surface area contributed by atoms with Gasteiger partial charge >= 0.3 is 12.2 Å². The van der Waals surface area contributed by atoms with Gasteiger partial charge in [0.2, 0.25) is 11.8 Å². The first-order valence-electron chi connectivity index (χ1n) is 18.6. The molecule has 12 nitrogen and oxygen atoms in total. The minimum Gasteiger partial charge on any atom is -0.449 e. The fraction of sp³-hybridized carbons (Fsp3) is 0.590. The van der Waals surface area contributed by atoms with E-state index < -0.39 is 60.3 Å². The molecule has 0 aromatic heterocycles. The largest absolute Gasteiger partial charge is 0.449 e. The number of amides is 4. The Morgan fingerprint density at radius 3 is 2.48 bits per heavy atom. The molecule has 3 N–H and O–H groups in total. The van der Waals surface area contributed by atoms with E-state index in [0.29, 0.717) is 25.9 Å². The molecule has 2 aromatic rings. The second-order valence-corrected chi connectivity index (χ2v) is 18.7. The Kier molecular flexibility index (Phi) is 10.8. The van der Waals surface area contributed by atoms with Crippen LogP contribution >= 0.6 is 7.37 Å². The summed E-state index contributed by atoms with van der Waals surface area (Å²) < 4.78 is 25.8. The molecule has 4 amide bonds. The van der Waals surface area contributed by atoms with Crippen LogP contribution in [-0.2, 0) is 43.1 Å². The standard InChI is InChI=1S/C39H53N4O8P/c1-6-28-20-39(28,52(48,49)30-17-8-7-9-18-30)41-34(44)32-19-29-22-43(32)35(45)33(38(3,4)5)40-36(46)50-24-25(2)13-10-11-14-26-15-12-16-27-21-42(23-31(26)27)37(47)51-29/h7-9,12,15-18,25,28-29,32-33H,6,10-11,13-14,19-24H2,1-5H3,(H,40,46)(H,41,44)(H,48,49)/t25-,28+,29+,32-,33+,39-/m0/s1. The molecule has 4 aliphatic rings. The van der Waals surface area contributed by atoms with Gasteiger partial charge in [0.05, 0.1) is 13.2 Å². The van der Waals surface area contributed by atoms with Gasteiger partial charge in [-0.3, -0.25) is 19.1 Å². The predicted octanol–water partition coefficient (Wildman–Crippen LogP) is 5.45. The molecular weight excluding hydrogens is 683 g/mol. The number of rotatable bonds is 5. The third-order valence-electron chi connectivity index (χ3n) is 11.3. The lowest BCUT2D eigenvalue weighted by Gasteiger charge is -2.35. The maximum absolute atomic E-state index is 14.5. The van der Waals surface area contributed by atoms with Gasteiger partial charge in [0.1, 0.15) is 23.5 Å². The molecule has 1 saturated carbocycles. The summed E-state index contributed by atoms with van der Waals surface area (Å²) in [4.78, 5) is 70.3. The van der Waals surface area contributed by atoms with Crippen LogP contribution in [0.2, 0.25) is 0 Å². The fourth-order valence-electron chi connectivity index (χ4n) is 8.09. The number of carbonyl (C=O) groups is 4. The molecule has 3 heterocycles. The number of aryl methyl sites for hydroxylation is 1. The summed E-state index contributed by atoms with van der Waals surface area (Å²) >= 11 is 0. The van der Waals surface area contributed by atoms with E-state index >= 15 is 0 Å². The van der Waals surface area contributed by atoms with E-state index in [1.165, 1.54) is 10.5 Å². The van der Waals surface area contributed by atoms with Crippen molar-refractivity contribution in [3.8, 4) is 0 Å². The van der Waals surface area contributed by atoms with E-state index in [-0.39, 0.29) is 36.7 Å². The van der Waals surface area contributed by atoms with Crippen molar-refractivity contribution in [1.29, 1.82) is 0 Å². The summed E-state index contributed by atoms with van der Waals surface area (Å²) in [5, 5.41) is 4.56. The number of cyclic esters (lactones) is 1. The Balaban J connectivity index is 1.30. The number of hydrogen-bond donors (Lipinski definition) is 3. The summed E-state index contributed by atoms with van der Waals surface area (Å²) in [6, 6.07) is 12.2. The average molecular weight is 737 g/mol. The van der Waals surface area contributed by atoms with Gasteiger partial charge in [0.15, 0.2) is 0 Å². The van der Waals surface area contributed by atoms with Crippen molar-refractivity contribution in [3.63, 3.8) is 0 Å². The second-order valence-electron chi connectivity index (χ2n) is 16.2. The lowest BCUT2D eigenvalue weighted by atomic mass is 9.85. The van der Waals surface area contributed by atoms with Gasteiger partial charge in [-0.1, -0.05) is 83.9 Å². The van der Waals surface area contributed by atoms with Crippen LogP contribution in [0.4, 0.5) is 9.59 Å². The number of nitrogens with zero attached hydrogens (tertiary/aromatic N) is 2. The molecule has 0 radical (unpaired) electrons. The summed E-state index contributed by atoms with van der Waals surface area (Å²) in [6.45, 7) is 10.3. The van der Waals surface area contributed by atoms with Crippen molar-refractivity contribution in [2.75, 3.05) is 13.2 Å². The molecule has 1 saturated heterocycles. The zero-order valence-electron chi connectivity index (χ0n) is 30.9. The number of alkyl carbamates (subject to hydrolysis) is 1. The van der Waals surface area contributed by atoms with Gasteiger partial charge < -0.3 is 29.9 Å². The first-order chi connectivity index (χ1) is 24.6. The van der Waals surface area contributed by atoms with Crippen molar-refractivity contribution in [1.82, 2.24) is 20.4 Å². The number of hydrogen-bond acceptors (Lipinski definition) is 7. The molecule has 3 aliphatic heterocycles. The molecule has 6 rings (SSSR count). The van der Waals surface area contributed by atoms with Crippen molar-refractivity contribution in [2.45, 2.75) is 116 Å². The van der Waals surface area contributed by atoms with Crippen molar-refractivity contribution < 1.29 is 38.1 Å². The highest BCUT2D eigenvalue weighted by Crippen LogP contribution is 2.69. The fourth-order valence-corrected chi connectivity index (χ4v) is 10.5. The van der Waals surface area contributed by atoms with Crippen LogP contribution in [0.1, 0.15) is 89.8 Å². The highest BCUT2D eigenvalue weighted by molar-refractivity contribution is 7.68. The van der Waals surface area contributed by atoms with E-state index in [9.17, 15) is 28.6 Å². The highest BCUT2D eigenvalue weighted by Gasteiger charge is 2.66. The van der Waals surface area contributed by atoms with Gasteiger partial charge in [-0.2, -0.15) is 0 Å². The van der Waals surface area contributed by atoms with Gasteiger partial charge in [-0.05, 0) is 71.8 Å². The predicted molar refractivity (Wildman–Crippen MR) is 196 cm³/mol. The Hall–Kier alpha value is -3.89. The van der Waals surface area contributed by atoms with Crippen LogP contribution in [0.3, 0.4) is 0 Å². The zero-order chi connectivity index (χ0) is 37.4. The Morgan fingerprint density at radius 1 is 1.06 bits per heavy atom. The van der Waals surface area contributed by atoms with Crippen LogP contribution < -0.4 is 15.9 Å². The van der Waals surface area contributed by atoms with Crippen LogP contribution in [0.5, 0.6) is 0 Å². The third-order valence-corrected chi connectivity index (χ3v) is 14.0. The molecule has 1 aliphatic carbocycles. The molecule has 2 fully saturated rings. The summed E-state index contributed by atoms with van der Waals surface area (Å²) in [6.07, 6.45) is 2.41. The van der Waals surface area contributed by atoms with Crippen LogP contribution in [0, 0.1) is 17.3 Å². The van der Waals surface area contributed by atoms with E-state index in [0.717, 1.165) is 36.8 Å². The molecule has 282 valence electrons. The van der Waals surface area contributed by atoms with Crippen molar-refractivity contribution in [2.24, 2.45) is 17.3 Å². The molecule has 13 heteroatoms. The smallest absolute Gasteiger partial charge is 0.410 e. The summed E-state index contributed by atoms with van der Waals surface area (Å²) in [5.74, 6) is -1.27. The SMILES string of the molecule is CC[C@@H]1C[C@]1(NC(=O)[C@@H]1C[C@@H]2CN1C(=O)[C@H](C(C)(C)C)NC(=O)OC[C@@H](C)CCCCc1cccc3c1CN(C3)C(=O)O2)P(=O)(O)c1ccccc1. The van der Waals surface area contributed by atoms with Gasteiger partial charge in [0, 0.05) is 24.8 Å². The zero-order valence-corrected chi connectivity index (χ0v) is 31.8. The van der Waals surface area contributed by atoms with E-state index in [1.54, 1.807) is 35.2 Å². The second kappa shape index (κ2) is 14.9. The number of nitrogens with one attached hydrogen (secondary N) is 2. The lowest BCUT2D eigenvalue weighted by molar-refractivity contribution is -0.142. The first-order valence-corrected chi connectivity index (χ1v) is 20.3. The van der Waals surface area contributed by atoms with Crippen molar-refractivity contribution in [3.05, 3.63) is 65.2 Å². The molecule has 7 atom stereocenters. The van der Waals surface area contributed by atoms with Crippen LogP contribution in [0.25, 0.3) is 0 Å². The van der Waals surface area contributed by atoms with Crippen LogP contribution in [0.15, 0.2) is 48.5 Å². The monoisotopic (exact) mass is 736 g/mol. The summed E-state index contributed by atoms with van der Waals surface area (Å²) in [7, 11) is -4.11. The quantitative estimate of drug-likeness (QED) is 0.343. The number of benzene rings is 2. The first kappa shape index (κ1) is 37.9. The molecule has 1 unspecified atom stereocenters. The van der Waals surface area contributed by atoms with E-state index in [1.807, 2.05) is 46.8 Å². The maximum atomic E-state index is 14.5. The van der Waals surface area contributed by atoms with Gasteiger partial charge in [-0.15, -0.1) is 0 Å². The molecule has 52 heavy (non-hydrogen) atoms. The molecule has 2 aromatic carbocycles. The van der Waals surface area contributed by atoms with Gasteiger partial charge in [0.25, 0.3) is 7.37 Å². The maximum Gasteiger partial charge on any atom is 0.410 e. The lowest BCUT2D eigenvalue weighted by Crippen LogP contribution is -2.58. The third kappa shape index (κ3) is 7.60. The number of fused-ring (bicyclic) bond motifs is 3. The molecule has 4 bridgehead atoms. The Morgan fingerprint density at radius 2 is 1.79 bits per heavy atom. The number of ether oxygens (including phenoxy) is 2. The average Bonchev–Trinajstić information content (AvgIpc) is 3.42. The minimum absolute atomic E-state index is 0.0118.